The predicted molar refractivity (Wildman–Crippen MR) is 78.8 cm³/mol. The van der Waals surface area contributed by atoms with E-state index < -0.39 is 0 Å². The summed E-state index contributed by atoms with van der Waals surface area (Å²) in [5.74, 6) is 0.835. The van der Waals surface area contributed by atoms with E-state index in [1.165, 1.54) is 0 Å². The van der Waals surface area contributed by atoms with Crippen LogP contribution < -0.4 is 4.90 Å². The smallest absolute Gasteiger partial charge is 0.225 e. The minimum atomic E-state index is 0.276. The van der Waals surface area contributed by atoms with Gasteiger partial charge in [0.05, 0.1) is 17.6 Å². The van der Waals surface area contributed by atoms with Crippen LogP contribution in [0.5, 0.6) is 0 Å². The number of aromatic nitrogens is 3. The molecule has 0 saturated carbocycles. The summed E-state index contributed by atoms with van der Waals surface area (Å²) >= 11 is 7.53. The van der Waals surface area contributed by atoms with Gasteiger partial charge in [0, 0.05) is 13.2 Å². The van der Waals surface area contributed by atoms with E-state index in [-0.39, 0.29) is 5.28 Å². The molecule has 0 bridgehead atoms. The van der Waals surface area contributed by atoms with Gasteiger partial charge in [-0.05, 0) is 35.2 Å². The van der Waals surface area contributed by atoms with Gasteiger partial charge in [0.25, 0.3) is 0 Å². The highest BCUT2D eigenvalue weighted by molar-refractivity contribution is 7.16. The molecule has 3 aromatic rings. The Morgan fingerprint density at radius 1 is 1.26 bits per heavy atom. The fourth-order valence-electron chi connectivity index (χ4n) is 1.91. The van der Waals surface area contributed by atoms with E-state index in [2.05, 4.69) is 15.0 Å². The van der Waals surface area contributed by atoms with Crippen molar-refractivity contribution in [3.8, 4) is 0 Å². The van der Waals surface area contributed by atoms with Gasteiger partial charge in [-0.25, -0.2) is 4.98 Å². The molecule has 0 atom stereocenters. The fourth-order valence-corrected chi connectivity index (χ4v) is 2.89. The van der Waals surface area contributed by atoms with Crippen LogP contribution in [0.3, 0.4) is 0 Å². The average molecular weight is 291 g/mol. The van der Waals surface area contributed by atoms with Crippen LogP contribution in [-0.4, -0.2) is 22.0 Å². The topological polar surface area (TPSA) is 41.9 Å². The van der Waals surface area contributed by atoms with Crippen molar-refractivity contribution in [2.75, 3.05) is 11.9 Å². The van der Waals surface area contributed by atoms with Gasteiger partial charge in [-0.15, -0.1) is 11.3 Å². The van der Waals surface area contributed by atoms with Crippen molar-refractivity contribution in [3.05, 3.63) is 46.8 Å². The van der Waals surface area contributed by atoms with Crippen molar-refractivity contribution in [3.63, 3.8) is 0 Å². The molecule has 0 N–H and O–H groups in total. The standard InChI is InChI=1S/C13H11ClN4S/c1-18(8-9-4-2-3-6-15-9)11-10-5-7-19-12(10)17-13(14)16-11/h2-7H,8H2,1H3. The summed E-state index contributed by atoms with van der Waals surface area (Å²) < 4.78 is 0. The van der Waals surface area contributed by atoms with E-state index >= 15 is 0 Å². The quantitative estimate of drug-likeness (QED) is 0.694. The summed E-state index contributed by atoms with van der Waals surface area (Å²) in [7, 11) is 1.98. The van der Waals surface area contributed by atoms with Crippen molar-refractivity contribution in [2.45, 2.75) is 6.54 Å². The second-order valence-corrected chi connectivity index (χ2v) is 5.37. The molecule has 19 heavy (non-hydrogen) atoms. The van der Waals surface area contributed by atoms with Crippen molar-refractivity contribution in [2.24, 2.45) is 0 Å². The van der Waals surface area contributed by atoms with Crippen LogP contribution in [-0.2, 0) is 6.54 Å². The highest BCUT2D eigenvalue weighted by Gasteiger charge is 2.12. The largest absolute Gasteiger partial charge is 0.353 e. The van der Waals surface area contributed by atoms with E-state index in [0.29, 0.717) is 6.54 Å². The van der Waals surface area contributed by atoms with Gasteiger partial charge in [0.1, 0.15) is 10.6 Å². The lowest BCUT2D eigenvalue weighted by molar-refractivity contribution is 0.868. The molecule has 4 nitrogen and oxygen atoms in total. The molecule has 3 heterocycles. The van der Waals surface area contributed by atoms with Gasteiger partial charge in [-0.1, -0.05) is 6.07 Å². The Bertz CT molecular complexity index is 698. The minimum absolute atomic E-state index is 0.276. The zero-order chi connectivity index (χ0) is 13.2. The minimum Gasteiger partial charge on any atom is -0.353 e. The summed E-state index contributed by atoms with van der Waals surface area (Å²) in [6, 6.07) is 7.89. The molecule has 0 aliphatic carbocycles. The predicted octanol–water partition coefficient (Wildman–Crippen LogP) is 3.38. The SMILES string of the molecule is CN(Cc1ccccn1)c1nc(Cl)nc2sccc12. The normalized spacial score (nSPS) is 10.8. The van der Waals surface area contributed by atoms with E-state index in [1.807, 2.05) is 41.6 Å². The second kappa shape index (κ2) is 5.11. The molecule has 0 aliphatic heterocycles. The molecule has 0 spiro atoms. The number of fused-ring (bicyclic) bond motifs is 1. The van der Waals surface area contributed by atoms with Gasteiger partial charge in [-0.3, -0.25) is 4.98 Å². The Kier molecular flexibility index (Phi) is 3.31. The number of nitrogens with zero attached hydrogens (tertiary/aromatic N) is 4. The first-order valence-corrected chi connectivity index (χ1v) is 7.01. The number of thiophene rings is 1. The molecule has 96 valence electrons. The highest BCUT2D eigenvalue weighted by atomic mass is 35.5. The van der Waals surface area contributed by atoms with E-state index in [0.717, 1.165) is 21.7 Å². The Hall–Kier alpha value is -1.72. The molecule has 0 fully saturated rings. The Labute approximate surface area is 119 Å². The van der Waals surface area contributed by atoms with E-state index in [1.54, 1.807) is 17.5 Å². The van der Waals surface area contributed by atoms with Crippen LogP contribution in [0, 0.1) is 0 Å². The molecule has 0 radical (unpaired) electrons. The van der Waals surface area contributed by atoms with Crippen LogP contribution in [0.15, 0.2) is 35.8 Å². The summed E-state index contributed by atoms with van der Waals surface area (Å²) in [5, 5.41) is 3.29. The number of hydrogen-bond acceptors (Lipinski definition) is 5. The third-order valence-corrected chi connectivity index (χ3v) is 3.74. The van der Waals surface area contributed by atoms with Crippen molar-refractivity contribution >= 4 is 39.0 Å². The summed E-state index contributed by atoms with van der Waals surface area (Å²) in [6.07, 6.45) is 1.79. The molecule has 0 aliphatic rings. The maximum atomic E-state index is 5.97. The van der Waals surface area contributed by atoms with Crippen molar-refractivity contribution < 1.29 is 0 Å². The van der Waals surface area contributed by atoms with Crippen LogP contribution in [0.4, 0.5) is 5.82 Å². The number of halogens is 1. The summed E-state index contributed by atoms with van der Waals surface area (Å²) in [4.78, 5) is 15.8. The number of rotatable bonds is 3. The molecular weight excluding hydrogens is 280 g/mol. The zero-order valence-electron chi connectivity index (χ0n) is 10.2. The number of pyridine rings is 1. The zero-order valence-corrected chi connectivity index (χ0v) is 11.8. The molecule has 0 aromatic carbocycles. The van der Waals surface area contributed by atoms with Crippen molar-refractivity contribution in [1.82, 2.24) is 15.0 Å². The van der Waals surface area contributed by atoms with Crippen molar-refractivity contribution in [1.29, 1.82) is 0 Å². The van der Waals surface area contributed by atoms with E-state index in [4.69, 9.17) is 11.6 Å². The molecule has 6 heteroatoms. The lowest BCUT2D eigenvalue weighted by Crippen LogP contribution is -2.18. The van der Waals surface area contributed by atoms with Gasteiger partial charge in [-0.2, -0.15) is 4.98 Å². The van der Waals surface area contributed by atoms with Crippen LogP contribution in [0.2, 0.25) is 5.28 Å². The first-order chi connectivity index (χ1) is 9.24. The lowest BCUT2D eigenvalue weighted by atomic mass is 10.3. The molecule has 3 rings (SSSR count). The van der Waals surface area contributed by atoms with Gasteiger partial charge in [0.15, 0.2) is 0 Å². The molecule has 0 saturated heterocycles. The first-order valence-electron chi connectivity index (χ1n) is 5.76. The summed E-state index contributed by atoms with van der Waals surface area (Å²) in [5.41, 5.74) is 0.989. The molecular formula is C13H11ClN4S. The maximum Gasteiger partial charge on any atom is 0.225 e. The maximum absolute atomic E-state index is 5.97. The van der Waals surface area contributed by atoms with Gasteiger partial charge >= 0.3 is 0 Å². The van der Waals surface area contributed by atoms with Gasteiger partial charge < -0.3 is 4.90 Å². The molecule has 0 amide bonds. The summed E-state index contributed by atoms with van der Waals surface area (Å²) in [6.45, 7) is 0.680. The van der Waals surface area contributed by atoms with Crippen LogP contribution in [0.1, 0.15) is 5.69 Å². The Morgan fingerprint density at radius 2 is 2.16 bits per heavy atom. The Morgan fingerprint density at radius 3 is 2.95 bits per heavy atom. The number of hydrogen-bond donors (Lipinski definition) is 0. The molecule has 0 unspecified atom stereocenters. The third-order valence-electron chi connectivity index (χ3n) is 2.76. The lowest BCUT2D eigenvalue weighted by Gasteiger charge is -2.18. The highest BCUT2D eigenvalue weighted by Crippen LogP contribution is 2.28. The van der Waals surface area contributed by atoms with Crippen LogP contribution >= 0.6 is 22.9 Å². The van der Waals surface area contributed by atoms with Crippen LogP contribution in [0.25, 0.3) is 10.2 Å². The second-order valence-electron chi connectivity index (χ2n) is 4.13. The average Bonchev–Trinajstić information content (AvgIpc) is 2.86. The van der Waals surface area contributed by atoms with Gasteiger partial charge in [0.2, 0.25) is 5.28 Å². The fraction of sp³-hybridized carbons (Fsp3) is 0.154. The molecule has 3 aromatic heterocycles. The first kappa shape index (κ1) is 12.3. The van der Waals surface area contributed by atoms with E-state index in [9.17, 15) is 0 Å². The Balaban J connectivity index is 1.97. The number of anilines is 1. The third kappa shape index (κ3) is 2.52. The monoisotopic (exact) mass is 290 g/mol.